The highest BCUT2D eigenvalue weighted by atomic mass is 35.5. The molecule has 0 aliphatic rings. The molecule has 0 saturated carbocycles. The molecule has 3 rings (SSSR count). The van der Waals surface area contributed by atoms with Crippen molar-refractivity contribution >= 4 is 29.4 Å². The molecule has 28 heavy (non-hydrogen) atoms. The second kappa shape index (κ2) is 10.0. The van der Waals surface area contributed by atoms with Gasteiger partial charge in [-0.3, -0.25) is 0 Å². The molecule has 4 nitrogen and oxygen atoms in total. The summed E-state index contributed by atoms with van der Waals surface area (Å²) in [6, 6.07) is 20.9. The predicted octanol–water partition coefficient (Wildman–Crippen LogP) is 5.70. The number of hydrogen-bond acceptors (Lipinski definition) is 4. The highest BCUT2D eigenvalue weighted by molar-refractivity contribution is 6.31. The molecule has 1 N–H and O–H groups in total. The molecule has 0 spiro atoms. The lowest BCUT2D eigenvalue weighted by Gasteiger charge is -2.12. The second-order valence-corrected chi connectivity index (χ2v) is 6.79. The van der Waals surface area contributed by atoms with Crippen LogP contribution in [0.2, 0.25) is 10.0 Å². The van der Waals surface area contributed by atoms with Gasteiger partial charge >= 0.3 is 0 Å². The molecule has 6 heteroatoms. The summed E-state index contributed by atoms with van der Waals surface area (Å²) in [6.07, 6.45) is 1.72. The van der Waals surface area contributed by atoms with Crippen LogP contribution in [0.3, 0.4) is 0 Å². The zero-order valence-corrected chi connectivity index (χ0v) is 16.9. The largest absolute Gasteiger partial charge is 0.493 e. The smallest absolute Gasteiger partial charge is 0.161 e. The third kappa shape index (κ3) is 5.41. The number of nitrogens with one attached hydrogen (secondary N) is 1. The molecular weight excluding hydrogens is 395 g/mol. The predicted molar refractivity (Wildman–Crippen MR) is 115 cm³/mol. The minimum atomic E-state index is 0.364. The van der Waals surface area contributed by atoms with E-state index in [1.807, 2.05) is 66.7 Å². The molecule has 0 saturated heterocycles. The van der Waals surface area contributed by atoms with Crippen molar-refractivity contribution in [1.29, 1.82) is 0 Å². The summed E-state index contributed by atoms with van der Waals surface area (Å²) in [5.41, 5.74) is 5.78. The van der Waals surface area contributed by atoms with Gasteiger partial charge in [-0.05, 0) is 41.5 Å². The van der Waals surface area contributed by atoms with E-state index in [1.54, 1.807) is 13.3 Å². The Morgan fingerprint density at radius 3 is 2.25 bits per heavy atom. The van der Waals surface area contributed by atoms with Gasteiger partial charge in [0.2, 0.25) is 0 Å². The van der Waals surface area contributed by atoms with Crippen molar-refractivity contribution in [2.45, 2.75) is 13.2 Å². The number of halogens is 2. The maximum atomic E-state index is 6.17. The van der Waals surface area contributed by atoms with Crippen LogP contribution in [-0.4, -0.2) is 13.3 Å². The van der Waals surface area contributed by atoms with Gasteiger partial charge in [0, 0.05) is 15.6 Å². The average Bonchev–Trinajstić information content (AvgIpc) is 2.72. The van der Waals surface area contributed by atoms with Crippen LogP contribution in [0.5, 0.6) is 11.5 Å². The van der Waals surface area contributed by atoms with E-state index in [4.69, 9.17) is 32.7 Å². The van der Waals surface area contributed by atoms with Crippen molar-refractivity contribution in [1.82, 2.24) is 5.43 Å². The van der Waals surface area contributed by atoms with E-state index < -0.39 is 0 Å². The third-order valence-corrected chi connectivity index (χ3v) is 4.80. The third-order valence-electron chi connectivity index (χ3n) is 4.06. The molecule has 3 aromatic rings. The summed E-state index contributed by atoms with van der Waals surface area (Å²) in [4.78, 5) is 0. The Balaban J connectivity index is 1.61. The molecule has 0 aromatic heterocycles. The van der Waals surface area contributed by atoms with Crippen LogP contribution in [0.4, 0.5) is 0 Å². The van der Waals surface area contributed by atoms with E-state index >= 15 is 0 Å². The Labute approximate surface area is 174 Å². The van der Waals surface area contributed by atoms with E-state index in [-0.39, 0.29) is 0 Å². The lowest BCUT2D eigenvalue weighted by molar-refractivity contribution is 0.284. The zero-order chi connectivity index (χ0) is 19.8. The standard InChI is InChI=1S/C22H20Cl2N2O2/c1-27-22-12-16(13-25-26-14-17-6-2-4-8-19(17)23)10-11-21(22)28-15-18-7-3-5-9-20(18)24/h2-13,26H,14-15H2,1H3/b25-13-. The van der Waals surface area contributed by atoms with Crippen molar-refractivity contribution in [3.8, 4) is 11.5 Å². The molecule has 0 atom stereocenters. The van der Waals surface area contributed by atoms with Gasteiger partial charge in [0.15, 0.2) is 11.5 Å². The van der Waals surface area contributed by atoms with Crippen LogP contribution in [0.15, 0.2) is 71.8 Å². The van der Waals surface area contributed by atoms with Gasteiger partial charge in [-0.15, -0.1) is 0 Å². The minimum absolute atomic E-state index is 0.364. The summed E-state index contributed by atoms with van der Waals surface area (Å²) >= 11 is 12.3. The first-order valence-corrected chi connectivity index (χ1v) is 9.46. The maximum absolute atomic E-state index is 6.17. The first kappa shape index (κ1) is 20.1. The highest BCUT2D eigenvalue weighted by Gasteiger charge is 2.07. The fourth-order valence-electron chi connectivity index (χ4n) is 2.55. The Hall–Kier alpha value is -2.69. The van der Waals surface area contributed by atoms with Gasteiger partial charge in [-0.25, -0.2) is 0 Å². The molecule has 0 bridgehead atoms. The normalized spacial score (nSPS) is 10.8. The fraction of sp³-hybridized carbons (Fsp3) is 0.136. The van der Waals surface area contributed by atoms with Crippen LogP contribution in [0, 0.1) is 0 Å². The average molecular weight is 415 g/mol. The zero-order valence-electron chi connectivity index (χ0n) is 15.4. The van der Waals surface area contributed by atoms with Crippen molar-refractivity contribution in [2.75, 3.05) is 7.11 Å². The molecule has 0 fully saturated rings. The van der Waals surface area contributed by atoms with E-state index in [0.29, 0.717) is 34.7 Å². The van der Waals surface area contributed by atoms with Crippen LogP contribution in [0.1, 0.15) is 16.7 Å². The van der Waals surface area contributed by atoms with Crippen LogP contribution < -0.4 is 14.9 Å². The lowest BCUT2D eigenvalue weighted by Crippen LogP contribution is -2.06. The topological polar surface area (TPSA) is 42.8 Å². The van der Waals surface area contributed by atoms with Gasteiger partial charge in [-0.1, -0.05) is 59.6 Å². The number of nitrogens with zero attached hydrogens (tertiary/aromatic N) is 1. The van der Waals surface area contributed by atoms with Gasteiger partial charge in [0.1, 0.15) is 6.61 Å². The van der Waals surface area contributed by atoms with Crippen molar-refractivity contribution in [2.24, 2.45) is 5.10 Å². The number of benzene rings is 3. The molecule has 0 aliphatic carbocycles. The monoisotopic (exact) mass is 414 g/mol. The number of methoxy groups -OCH3 is 1. The van der Waals surface area contributed by atoms with E-state index in [0.717, 1.165) is 16.7 Å². The molecule has 0 unspecified atom stereocenters. The maximum Gasteiger partial charge on any atom is 0.161 e. The first-order valence-electron chi connectivity index (χ1n) is 8.71. The lowest BCUT2D eigenvalue weighted by atomic mass is 10.2. The second-order valence-electron chi connectivity index (χ2n) is 5.97. The molecule has 3 aromatic carbocycles. The SMILES string of the molecule is COc1cc(/C=N\NCc2ccccc2Cl)ccc1OCc1ccccc1Cl. The quantitative estimate of drug-likeness (QED) is 0.379. The van der Waals surface area contributed by atoms with Gasteiger partial charge in [0.05, 0.1) is 19.9 Å². The van der Waals surface area contributed by atoms with Crippen molar-refractivity contribution in [3.63, 3.8) is 0 Å². The molecule has 0 aliphatic heterocycles. The Kier molecular flexibility index (Phi) is 7.18. The number of hydrazone groups is 1. The summed E-state index contributed by atoms with van der Waals surface area (Å²) < 4.78 is 11.3. The van der Waals surface area contributed by atoms with Crippen LogP contribution >= 0.6 is 23.2 Å². The summed E-state index contributed by atoms with van der Waals surface area (Å²) in [5, 5.41) is 5.63. The van der Waals surface area contributed by atoms with Gasteiger partial charge in [0.25, 0.3) is 0 Å². The molecular formula is C22H20Cl2N2O2. The highest BCUT2D eigenvalue weighted by Crippen LogP contribution is 2.29. The van der Waals surface area contributed by atoms with Gasteiger partial charge in [-0.2, -0.15) is 5.10 Å². The Bertz CT molecular complexity index is 961. The first-order chi connectivity index (χ1) is 13.7. The molecule has 0 amide bonds. The number of hydrogen-bond donors (Lipinski definition) is 1. The van der Waals surface area contributed by atoms with Crippen LogP contribution in [0.25, 0.3) is 0 Å². The Morgan fingerprint density at radius 2 is 1.57 bits per heavy atom. The van der Waals surface area contributed by atoms with E-state index in [1.165, 1.54) is 0 Å². The molecule has 144 valence electrons. The minimum Gasteiger partial charge on any atom is -0.493 e. The number of rotatable bonds is 8. The van der Waals surface area contributed by atoms with Gasteiger partial charge < -0.3 is 14.9 Å². The Morgan fingerprint density at radius 1 is 0.893 bits per heavy atom. The summed E-state index contributed by atoms with van der Waals surface area (Å²) in [7, 11) is 1.61. The summed E-state index contributed by atoms with van der Waals surface area (Å²) in [5.74, 6) is 1.27. The summed E-state index contributed by atoms with van der Waals surface area (Å²) in [6.45, 7) is 0.912. The molecule has 0 radical (unpaired) electrons. The van der Waals surface area contributed by atoms with Crippen molar-refractivity contribution < 1.29 is 9.47 Å². The van der Waals surface area contributed by atoms with E-state index in [9.17, 15) is 0 Å². The van der Waals surface area contributed by atoms with Crippen molar-refractivity contribution in [3.05, 3.63) is 93.5 Å². The van der Waals surface area contributed by atoms with E-state index in [2.05, 4.69) is 10.5 Å². The van der Waals surface area contributed by atoms with Crippen LogP contribution in [-0.2, 0) is 13.2 Å². The fourth-order valence-corrected chi connectivity index (χ4v) is 2.94. The molecule has 0 heterocycles. The number of ether oxygens (including phenoxy) is 2.